The molecule has 0 saturated carbocycles. The van der Waals surface area contributed by atoms with Gasteiger partial charge in [0.25, 0.3) is 0 Å². The molecule has 34 heavy (non-hydrogen) atoms. The molecule has 0 radical (unpaired) electrons. The Bertz CT molecular complexity index is 1120. The van der Waals surface area contributed by atoms with Crippen molar-refractivity contribution in [3.63, 3.8) is 0 Å². The van der Waals surface area contributed by atoms with Crippen molar-refractivity contribution in [2.75, 3.05) is 23.7 Å². The molecule has 7 nitrogen and oxygen atoms in total. The Morgan fingerprint density at radius 1 is 1.06 bits per heavy atom. The summed E-state index contributed by atoms with van der Waals surface area (Å²) in [5.41, 5.74) is 3.01. The van der Waals surface area contributed by atoms with Gasteiger partial charge in [0.1, 0.15) is 12.6 Å². The number of anilines is 1. The van der Waals surface area contributed by atoms with Crippen LogP contribution in [0.4, 0.5) is 5.69 Å². The van der Waals surface area contributed by atoms with Gasteiger partial charge < -0.3 is 10.2 Å². The molecule has 2 amide bonds. The Morgan fingerprint density at radius 2 is 1.74 bits per heavy atom. The van der Waals surface area contributed by atoms with Crippen LogP contribution in [0.25, 0.3) is 0 Å². The lowest BCUT2D eigenvalue weighted by molar-refractivity contribution is -0.140. The molecule has 186 valence electrons. The van der Waals surface area contributed by atoms with Crippen LogP contribution in [0.15, 0.2) is 42.5 Å². The minimum absolute atomic E-state index is 0.0844. The van der Waals surface area contributed by atoms with Gasteiger partial charge >= 0.3 is 0 Å². The van der Waals surface area contributed by atoms with E-state index in [1.165, 1.54) is 4.90 Å². The van der Waals surface area contributed by atoms with Crippen LogP contribution in [0, 0.1) is 13.8 Å². The maximum atomic E-state index is 13.6. The number of nitrogens with zero attached hydrogens (tertiary/aromatic N) is 2. The van der Waals surface area contributed by atoms with Gasteiger partial charge in [-0.2, -0.15) is 0 Å². The van der Waals surface area contributed by atoms with Crippen molar-refractivity contribution in [1.82, 2.24) is 10.2 Å². The fourth-order valence-electron chi connectivity index (χ4n) is 3.59. The normalized spacial score (nSPS) is 12.2. The summed E-state index contributed by atoms with van der Waals surface area (Å²) in [5, 5.41) is 3.32. The van der Waals surface area contributed by atoms with Crippen LogP contribution in [0.2, 0.25) is 5.02 Å². The zero-order valence-electron chi connectivity index (χ0n) is 20.5. The Hall–Kier alpha value is -2.58. The Morgan fingerprint density at radius 3 is 2.29 bits per heavy atom. The van der Waals surface area contributed by atoms with Crippen LogP contribution in [-0.2, 0) is 26.2 Å². The molecule has 2 aromatic carbocycles. The van der Waals surface area contributed by atoms with Gasteiger partial charge in [-0.05, 0) is 61.6 Å². The molecule has 0 bridgehead atoms. The van der Waals surface area contributed by atoms with Crippen LogP contribution < -0.4 is 9.62 Å². The third-order valence-electron chi connectivity index (χ3n) is 5.69. The lowest BCUT2D eigenvalue weighted by Gasteiger charge is -2.33. The van der Waals surface area contributed by atoms with Gasteiger partial charge in [0.05, 0.1) is 11.9 Å². The number of aryl methyl sites for hydroxylation is 2. The molecular weight excluding hydrogens is 474 g/mol. The van der Waals surface area contributed by atoms with Crippen LogP contribution in [0.3, 0.4) is 0 Å². The predicted molar refractivity (Wildman–Crippen MR) is 137 cm³/mol. The highest BCUT2D eigenvalue weighted by molar-refractivity contribution is 7.92. The molecular formula is C25H34ClN3O4S. The number of halogens is 1. The molecule has 0 aromatic heterocycles. The number of sulfonamides is 1. The zero-order valence-corrected chi connectivity index (χ0v) is 22.0. The second kappa shape index (κ2) is 12.2. The van der Waals surface area contributed by atoms with Gasteiger partial charge in [0.2, 0.25) is 21.8 Å². The minimum Gasteiger partial charge on any atom is -0.354 e. The maximum absolute atomic E-state index is 13.6. The second-order valence-electron chi connectivity index (χ2n) is 8.37. The van der Waals surface area contributed by atoms with Gasteiger partial charge in [-0.25, -0.2) is 8.42 Å². The van der Waals surface area contributed by atoms with Crippen molar-refractivity contribution >= 4 is 39.1 Å². The molecule has 9 heteroatoms. The number of benzene rings is 2. The second-order valence-corrected chi connectivity index (χ2v) is 10.7. The summed E-state index contributed by atoms with van der Waals surface area (Å²) < 4.78 is 26.4. The summed E-state index contributed by atoms with van der Waals surface area (Å²) >= 11 is 6.35. The topological polar surface area (TPSA) is 86.8 Å². The fraction of sp³-hybridized carbons (Fsp3) is 0.440. The number of hydrogen-bond donors (Lipinski definition) is 1. The molecule has 0 fully saturated rings. The van der Waals surface area contributed by atoms with Crippen molar-refractivity contribution in [1.29, 1.82) is 0 Å². The van der Waals surface area contributed by atoms with E-state index in [9.17, 15) is 18.0 Å². The van der Waals surface area contributed by atoms with Crippen LogP contribution in [-0.4, -0.2) is 50.5 Å². The van der Waals surface area contributed by atoms with Crippen molar-refractivity contribution < 1.29 is 18.0 Å². The first-order chi connectivity index (χ1) is 16.0. The lowest BCUT2D eigenvalue weighted by atomic mass is 10.1. The van der Waals surface area contributed by atoms with E-state index in [2.05, 4.69) is 5.32 Å². The third kappa shape index (κ3) is 7.21. The van der Waals surface area contributed by atoms with Crippen molar-refractivity contribution in [3.05, 3.63) is 64.2 Å². The Balaban J connectivity index is 2.46. The van der Waals surface area contributed by atoms with Crippen LogP contribution in [0.5, 0.6) is 0 Å². The highest BCUT2D eigenvalue weighted by Gasteiger charge is 2.32. The smallest absolute Gasteiger partial charge is 0.244 e. The zero-order chi connectivity index (χ0) is 25.5. The number of carbonyl (C=O) groups excluding carboxylic acids is 2. The quantitative estimate of drug-likeness (QED) is 0.497. The SMILES string of the molecule is CCCNC(=O)[C@H](CC)N(Cc1ccccc1Cl)C(=O)CN(c1ccc(C)c(C)c1)S(C)(=O)=O. The molecule has 2 aromatic rings. The first-order valence-corrected chi connectivity index (χ1v) is 13.6. The minimum atomic E-state index is -3.76. The van der Waals surface area contributed by atoms with Gasteiger partial charge in [-0.3, -0.25) is 13.9 Å². The first-order valence-electron chi connectivity index (χ1n) is 11.3. The average molecular weight is 508 g/mol. The predicted octanol–water partition coefficient (Wildman–Crippen LogP) is 4.06. The Kier molecular flexibility index (Phi) is 9.94. The number of carbonyl (C=O) groups is 2. The average Bonchev–Trinajstić information content (AvgIpc) is 2.78. The number of rotatable bonds is 11. The molecule has 1 atom stereocenters. The fourth-order valence-corrected chi connectivity index (χ4v) is 4.63. The summed E-state index contributed by atoms with van der Waals surface area (Å²) in [7, 11) is -3.76. The van der Waals surface area contributed by atoms with Gasteiger partial charge in [0.15, 0.2) is 0 Å². The van der Waals surface area contributed by atoms with Crippen molar-refractivity contribution in [2.24, 2.45) is 0 Å². The number of hydrogen-bond acceptors (Lipinski definition) is 4. The third-order valence-corrected chi connectivity index (χ3v) is 7.20. The van der Waals surface area contributed by atoms with E-state index in [-0.39, 0.29) is 12.5 Å². The van der Waals surface area contributed by atoms with Crippen molar-refractivity contribution in [2.45, 2.75) is 53.1 Å². The van der Waals surface area contributed by atoms with Gasteiger partial charge in [-0.1, -0.05) is 49.7 Å². The standard InChI is InChI=1S/C25H34ClN3O4S/c1-6-14-27-25(31)23(7-2)28(16-20-10-8-9-11-22(20)26)24(30)17-29(34(5,32)33)21-13-12-18(3)19(4)15-21/h8-13,15,23H,6-7,14,16-17H2,1-5H3,(H,27,31)/t23-/m0/s1. The van der Waals surface area contributed by atoms with E-state index in [0.717, 1.165) is 28.1 Å². The maximum Gasteiger partial charge on any atom is 0.244 e. The molecule has 0 spiro atoms. The Labute approximate surface area is 208 Å². The van der Waals surface area contributed by atoms with Crippen molar-refractivity contribution in [3.8, 4) is 0 Å². The monoisotopic (exact) mass is 507 g/mol. The molecule has 0 heterocycles. The molecule has 0 saturated heterocycles. The van der Waals surface area contributed by atoms with E-state index < -0.39 is 28.5 Å². The number of nitrogens with one attached hydrogen (secondary N) is 1. The molecule has 0 aliphatic rings. The van der Waals surface area contributed by atoms with E-state index in [1.54, 1.807) is 36.4 Å². The molecule has 1 N–H and O–H groups in total. The summed E-state index contributed by atoms with van der Waals surface area (Å²) in [6, 6.07) is 11.6. The molecule has 0 aliphatic carbocycles. The highest BCUT2D eigenvalue weighted by atomic mass is 35.5. The van der Waals surface area contributed by atoms with E-state index in [0.29, 0.717) is 29.2 Å². The van der Waals surface area contributed by atoms with E-state index in [1.807, 2.05) is 33.8 Å². The summed E-state index contributed by atoms with van der Waals surface area (Å²) in [4.78, 5) is 28.0. The molecule has 0 aliphatic heterocycles. The van der Waals surface area contributed by atoms with E-state index >= 15 is 0 Å². The van der Waals surface area contributed by atoms with E-state index in [4.69, 9.17) is 11.6 Å². The van der Waals surface area contributed by atoms with Crippen LogP contribution in [0.1, 0.15) is 43.4 Å². The largest absolute Gasteiger partial charge is 0.354 e. The van der Waals surface area contributed by atoms with Gasteiger partial charge in [0, 0.05) is 18.1 Å². The summed E-state index contributed by atoms with van der Waals surface area (Å²) in [5.74, 6) is -0.760. The first kappa shape index (κ1) is 27.7. The van der Waals surface area contributed by atoms with Gasteiger partial charge in [-0.15, -0.1) is 0 Å². The highest BCUT2D eigenvalue weighted by Crippen LogP contribution is 2.24. The summed E-state index contributed by atoms with van der Waals surface area (Å²) in [6.07, 6.45) is 2.20. The van der Waals surface area contributed by atoms with Crippen LogP contribution >= 0.6 is 11.6 Å². The summed E-state index contributed by atoms with van der Waals surface area (Å²) in [6.45, 7) is 7.73. The number of amides is 2. The molecule has 2 rings (SSSR count). The molecule has 0 unspecified atom stereocenters. The lowest BCUT2D eigenvalue weighted by Crippen LogP contribution is -2.52.